The van der Waals surface area contributed by atoms with Crippen LogP contribution in [0.5, 0.6) is 0 Å². The number of ether oxygens (including phenoxy) is 6. The largest absolute Gasteiger partial charge is 0.394 e. The first-order valence-electron chi connectivity index (χ1n) is 15.1. The number of unbranched alkanes of at least 4 members (excludes halogenated alkanes) is 2. The predicted octanol–water partition coefficient (Wildman–Crippen LogP) is -5.10. The van der Waals surface area contributed by atoms with Crippen LogP contribution in [0.15, 0.2) is 0 Å². The van der Waals surface area contributed by atoms with E-state index in [1.54, 1.807) is 0 Å². The number of aliphatic hydroxyl groups excluding tert-OH is 7. The smallest absolute Gasteiger partial charge is 0.217 e. The zero-order chi connectivity index (χ0) is 33.4. The molecule has 262 valence electrons. The highest BCUT2D eigenvalue weighted by Gasteiger charge is 2.54. The van der Waals surface area contributed by atoms with Gasteiger partial charge in [0.05, 0.1) is 19.3 Å². The molecular weight excluding hydrogens is 606 g/mol. The van der Waals surface area contributed by atoms with E-state index in [0.29, 0.717) is 13.0 Å². The monoisotopic (exact) mass is 655 g/mol. The van der Waals surface area contributed by atoms with Crippen LogP contribution in [0.25, 0.3) is 0 Å². The number of carbonyl (C=O) groups is 2. The van der Waals surface area contributed by atoms with Gasteiger partial charge in [0, 0.05) is 20.5 Å². The molecule has 3 saturated heterocycles. The summed E-state index contributed by atoms with van der Waals surface area (Å²) >= 11 is 0. The number of amides is 2. The van der Waals surface area contributed by atoms with Gasteiger partial charge >= 0.3 is 0 Å². The van der Waals surface area contributed by atoms with E-state index >= 15 is 0 Å². The minimum absolute atomic E-state index is 0.191. The molecule has 2 amide bonds. The van der Waals surface area contributed by atoms with Crippen molar-refractivity contribution in [2.24, 2.45) is 5.73 Å². The molecule has 45 heavy (non-hydrogen) atoms. The minimum atomic E-state index is -1.69. The highest BCUT2D eigenvalue weighted by atomic mass is 16.7. The molecule has 0 aromatic carbocycles. The average Bonchev–Trinajstić information content (AvgIpc) is 2.99. The number of nitrogens with one attached hydrogen (secondary N) is 2. The first kappa shape index (κ1) is 37.8. The third kappa shape index (κ3) is 9.48. The summed E-state index contributed by atoms with van der Waals surface area (Å²) in [4.78, 5) is 24.2. The van der Waals surface area contributed by atoms with E-state index in [1.807, 2.05) is 0 Å². The van der Waals surface area contributed by atoms with Crippen LogP contribution in [0.4, 0.5) is 0 Å². The quantitative estimate of drug-likeness (QED) is 0.0783. The molecule has 3 heterocycles. The molecule has 18 heteroatoms. The maximum Gasteiger partial charge on any atom is 0.217 e. The van der Waals surface area contributed by atoms with Crippen molar-refractivity contribution in [1.29, 1.82) is 0 Å². The van der Waals surface area contributed by atoms with Gasteiger partial charge in [0.1, 0.15) is 67.0 Å². The van der Waals surface area contributed by atoms with E-state index < -0.39 is 117 Å². The lowest BCUT2D eigenvalue weighted by atomic mass is 9.94. The molecule has 3 rings (SSSR count). The SMILES string of the molecule is CC(=O)NC1C(OC2C(O)C(CO)OC(OC3C(CO)OC(OCCCCCN)C(O)C3O)C2NC(C)=O)OC(C)C(O)C1O. The van der Waals surface area contributed by atoms with Gasteiger partial charge in [0.25, 0.3) is 0 Å². The van der Waals surface area contributed by atoms with Crippen molar-refractivity contribution in [3.8, 4) is 0 Å². The van der Waals surface area contributed by atoms with E-state index in [2.05, 4.69) is 10.6 Å². The van der Waals surface area contributed by atoms with Crippen molar-refractivity contribution in [2.45, 2.75) is 132 Å². The molecule has 0 spiro atoms. The summed E-state index contributed by atoms with van der Waals surface area (Å²) in [6.45, 7) is 3.04. The zero-order valence-electron chi connectivity index (χ0n) is 25.6. The number of rotatable bonds is 14. The van der Waals surface area contributed by atoms with Crippen LogP contribution < -0.4 is 16.4 Å². The predicted molar refractivity (Wildman–Crippen MR) is 150 cm³/mol. The van der Waals surface area contributed by atoms with E-state index in [9.17, 15) is 45.3 Å². The zero-order valence-corrected chi connectivity index (χ0v) is 25.6. The second-order valence-corrected chi connectivity index (χ2v) is 11.5. The van der Waals surface area contributed by atoms with Gasteiger partial charge in [-0.2, -0.15) is 0 Å². The molecule has 11 N–H and O–H groups in total. The Morgan fingerprint density at radius 3 is 1.87 bits per heavy atom. The first-order valence-corrected chi connectivity index (χ1v) is 15.1. The lowest BCUT2D eigenvalue weighted by Crippen LogP contribution is -2.70. The summed E-state index contributed by atoms with van der Waals surface area (Å²) in [6, 6.07) is -2.70. The van der Waals surface area contributed by atoms with E-state index in [1.165, 1.54) is 13.8 Å². The Morgan fingerprint density at radius 2 is 1.27 bits per heavy atom. The highest BCUT2D eigenvalue weighted by molar-refractivity contribution is 5.73. The number of hydrogen-bond donors (Lipinski definition) is 10. The van der Waals surface area contributed by atoms with Crippen molar-refractivity contribution in [2.75, 3.05) is 26.4 Å². The Bertz CT molecular complexity index is 934. The van der Waals surface area contributed by atoms with E-state index in [4.69, 9.17) is 34.2 Å². The average molecular weight is 656 g/mol. The fourth-order valence-electron chi connectivity index (χ4n) is 5.56. The van der Waals surface area contributed by atoms with Crippen LogP contribution in [0, 0.1) is 0 Å². The second kappa shape index (κ2) is 17.5. The summed E-state index contributed by atoms with van der Waals surface area (Å²) in [5.74, 6) is -1.22. The third-order valence-corrected chi connectivity index (χ3v) is 7.97. The fourth-order valence-corrected chi connectivity index (χ4v) is 5.56. The molecule has 0 aromatic rings. The molecule has 15 unspecified atom stereocenters. The van der Waals surface area contributed by atoms with E-state index in [-0.39, 0.29) is 6.61 Å². The van der Waals surface area contributed by atoms with Gasteiger partial charge in [0.2, 0.25) is 11.8 Å². The summed E-state index contributed by atoms with van der Waals surface area (Å²) in [7, 11) is 0. The van der Waals surface area contributed by atoms with Gasteiger partial charge in [-0.25, -0.2) is 0 Å². The molecule has 0 bridgehead atoms. The van der Waals surface area contributed by atoms with Gasteiger partial charge in [-0.15, -0.1) is 0 Å². The first-order chi connectivity index (χ1) is 21.3. The number of nitrogens with two attached hydrogens (primary N) is 1. The topological polar surface area (TPSA) is 281 Å². The summed E-state index contributed by atoms with van der Waals surface area (Å²) in [6.07, 6.45) is -16.7. The maximum atomic E-state index is 12.3. The van der Waals surface area contributed by atoms with Gasteiger partial charge < -0.3 is 80.5 Å². The maximum absolute atomic E-state index is 12.3. The van der Waals surface area contributed by atoms with Gasteiger partial charge in [-0.05, 0) is 32.7 Å². The Morgan fingerprint density at radius 1 is 0.689 bits per heavy atom. The summed E-state index contributed by atoms with van der Waals surface area (Å²) < 4.78 is 34.7. The third-order valence-electron chi connectivity index (χ3n) is 7.97. The van der Waals surface area contributed by atoms with Crippen LogP contribution in [0.1, 0.15) is 40.0 Å². The normalized spacial score (nSPS) is 42.2. The van der Waals surface area contributed by atoms with Gasteiger partial charge in [0.15, 0.2) is 18.9 Å². The molecular formula is C27H49N3O15. The number of carbonyl (C=O) groups excluding carboxylic acids is 2. The van der Waals surface area contributed by atoms with Crippen LogP contribution >= 0.6 is 0 Å². The van der Waals surface area contributed by atoms with E-state index in [0.717, 1.165) is 19.8 Å². The molecule has 3 aliphatic heterocycles. The van der Waals surface area contributed by atoms with Crippen molar-refractivity contribution in [3.63, 3.8) is 0 Å². The van der Waals surface area contributed by atoms with Crippen LogP contribution in [0.3, 0.4) is 0 Å². The minimum Gasteiger partial charge on any atom is -0.394 e. The van der Waals surface area contributed by atoms with Crippen molar-refractivity contribution in [1.82, 2.24) is 10.6 Å². The van der Waals surface area contributed by atoms with Gasteiger partial charge in [-0.1, -0.05) is 0 Å². The Labute approximate surface area is 260 Å². The second-order valence-electron chi connectivity index (χ2n) is 11.5. The fraction of sp³-hybridized carbons (Fsp3) is 0.926. The Kier molecular flexibility index (Phi) is 14.7. The summed E-state index contributed by atoms with van der Waals surface area (Å²) in [5.41, 5.74) is 5.49. The molecule has 0 aromatic heterocycles. The molecule has 0 radical (unpaired) electrons. The van der Waals surface area contributed by atoms with Crippen molar-refractivity contribution >= 4 is 11.8 Å². The Hall–Kier alpha value is -1.62. The van der Waals surface area contributed by atoms with Crippen LogP contribution in [-0.4, -0.2) is 166 Å². The van der Waals surface area contributed by atoms with Crippen molar-refractivity contribution in [3.05, 3.63) is 0 Å². The lowest BCUT2D eigenvalue weighted by molar-refractivity contribution is -0.359. The molecule has 0 aliphatic carbocycles. The molecule has 18 nitrogen and oxygen atoms in total. The highest BCUT2D eigenvalue weighted by Crippen LogP contribution is 2.33. The van der Waals surface area contributed by atoms with Gasteiger partial charge in [-0.3, -0.25) is 9.59 Å². The Balaban J connectivity index is 1.85. The summed E-state index contributed by atoms with van der Waals surface area (Å²) in [5, 5.41) is 79.0. The van der Waals surface area contributed by atoms with Crippen LogP contribution in [-0.2, 0) is 38.0 Å². The number of aliphatic hydroxyl groups is 7. The molecule has 0 saturated carbocycles. The van der Waals surface area contributed by atoms with Crippen LogP contribution in [0.2, 0.25) is 0 Å². The molecule has 3 aliphatic rings. The van der Waals surface area contributed by atoms with Crippen molar-refractivity contribution < 1.29 is 73.8 Å². The number of hydrogen-bond acceptors (Lipinski definition) is 16. The standard InChI is InChI=1S/C27H49N3O15/c1-11-18(35)20(37)16(29-12(2)33)25(41-11)45-24-17(30-13(3)34)26(42-14(9-31)19(24)36)44-23-15(10-32)43-27(22(39)21(23)38)40-8-6-4-5-7-28/h11,14-27,31-32,35-39H,4-10,28H2,1-3H3,(H,29,33)(H,30,34). The molecule has 3 fully saturated rings. The molecule has 15 atom stereocenters. The lowest BCUT2D eigenvalue weighted by Gasteiger charge is -2.49.